The Bertz CT molecular complexity index is 480. The molecule has 0 aromatic heterocycles. The van der Waals surface area contributed by atoms with E-state index in [1.807, 2.05) is 0 Å². The second-order valence-corrected chi connectivity index (χ2v) is 8.04. The van der Waals surface area contributed by atoms with Crippen LogP contribution in [0.2, 0.25) is 0 Å². The monoisotopic (exact) mass is 392 g/mol. The Morgan fingerprint density at radius 2 is 1.25 bits per heavy atom. The predicted molar refractivity (Wildman–Crippen MR) is 114 cm³/mol. The van der Waals surface area contributed by atoms with E-state index < -0.39 is 0 Å². The lowest BCUT2D eigenvalue weighted by atomic mass is 9.83. The van der Waals surface area contributed by atoms with Crippen LogP contribution in [0.25, 0.3) is 0 Å². The first-order valence-electron chi connectivity index (χ1n) is 11.4. The van der Waals surface area contributed by atoms with Crippen molar-refractivity contribution in [3.8, 4) is 5.75 Å². The zero-order chi connectivity index (χ0) is 19.9. The summed E-state index contributed by atoms with van der Waals surface area (Å²) in [6.07, 6.45) is 13.6. The molecule has 0 bridgehead atoms. The number of ether oxygens (including phenoxy) is 2. The number of aliphatic hydroxyl groups excluding tert-OH is 2. The van der Waals surface area contributed by atoms with Crippen LogP contribution in [0.5, 0.6) is 5.75 Å². The highest BCUT2D eigenvalue weighted by Crippen LogP contribution is 2.34. The minimum atomic E-state index is 0.293. The van der Waals surface area contributed by atoms with Crippen LogP contribution in [0, 0.1) is 0 Å². The van der Waals surface area contributed by atoms with Gasteiger partial charge in [0, 0.05) is 19.8 Å². The summed E-state index contributed by atoms with van der Waals surface area (Å²) in [7, 11) is 0. The molecular weight excluding hydrogens is 352 g/mol. The summed E-state index contributed by atoms with van der Waals surface area (Å²) in [5.74, 6) is 1.61. The Labute approximate surface area is 171 Å². The standard InChI is InChI=1S/C24H40O4/c25-17-5-1-3-7-19-27-23-13-9-21(10-14-23)22-11-15-24(16-12-22)28-20-8-4-2-6-18-26/h9-10,13-14,22,24-26H,1-8,11-12,15-20H2. The van der Waals surface area contributed by atoms with E-state index in [2.05, 4.69) is 24.3 Å². The van der Waals surface area contributed by atoms with Crippen LogP contribution in [0.15, 0.2) is 24.3 Å². The van der Waals surface area contributed by atoms with Gasteiger partial charge >= 0.3 is 0 Å². The van der Waals surface area contributed by atoms with Crippen LogP contribution in [-0.2, 0) is 4.74 Å². The van der Waals surface area contributed by atoms with Gasteiger partial charge < -0.3 is 19.7 Å². The van der Waals surface area contributed by atoms with Gasteiger partial charge in [-0.25, -0.2) is 0 Å². The zero-order valence-corrected chi connectivity index (χ0v) is 17.5. The van der Waals surface area contributed by atoms with Crippen molar-refractivity contribution in [3.05, 3.63) is 29.8 Å². The Morgan fingerprint density at radius 3 is 1.86 bits per heavy atom. The van der Waals surface area contributed by atoms with Gasteiger partial charge in [-0.3, -0.25) is 0 Å². The molecule has 1 fully saturated rings. The van der Waals surface area contributed by atoms with Gasteiger partial charge in [0.05, 0.1) is 12.7 Å². The molecule has 0 radical (unpaired) electrons. The van der Waals surface area contributed by atoms with E-state index in [0.29, 0.717) is 25.2 Å². The molecule has 1 aromatic rings. The highest BCUT2D eigenvalue weighted by molar-refractivity contribution is 5.29. The Morgan fingerprint density at radius 1 is 0.679 bits per heavy atom. The number of unbranched alkanes of at least 4 members (excludes halogenated alkanes) is 6. The second kappa shape index (κ2) is 14.8. The topological polar surface area (TPSA) is 58.9 Å². The first-order valence-corrected chi connectivity index (χ1v) is 11.4. The minimum Gasteiger partial charge on any atom is -0.494 e. The molecule has 0 saturated heterocycles. The first-order chi connectivity index (χ1) is 13.8. The van der Waals surface area contributed by atoms with Crippen molar-refractivity contribution in [2.45, 2.75) is 89.1 Å². The molecular formula is C24H40O4. The molecule has 0 amide bonds. The van der Waals surface area contributed by atoms with Gasteiger partial charge in [-0.05, 0) is 81.4 Å². The van der Waals surface area contributed by atoms with E-state index in [-0.39, 0.29) is 0 Å². The Hall–Kier alpha value is -1.10. The molecule has 1 aromatic carbocycles. The van der Waals surface area contributed by atoms with E-state index >= 15 is 0 Å². The summed E-state index contributed by atoms with van der Waals surface area (Å²) in [5, 5.41) is 17.6. The lowest BCUT2D eigenvalue weighted by Crippen LogP contribution is -2.21. The third-order valence-electron chi connectivity index (χ3n) is 5.75. The molecule has 1 aliphatic carbocycles. The van der Waals surface area contributed by atoms with Crippen LogP contribution in [0.1, 0.15) is 88.5 Å². The molecule has 0 atom stereocenters. The fourth-order valence-corrected chi connectivity index (χ4v) is 3.97. The summed E-state index contributed by atoms with van der Waals surface area (Å²) in [6.45, 7) is 2.23. The van der Waals surface area contributed by atoms with Crippen LogP contribution in [0.3, 0.4) is 0 Å². The van der Waals surface area contributed by atoms with E-state index in [1.165, 1.54) is 18.4 Å². The van der Waals surface area contributed by atoms with Crippen molar-refractivity contribution < 1.29 is 19.7 Å². The maximum absolute atomic E-state index is 8.79. The molecule has 0 aliphatic heterocycles. The van der Waals surface area contributed by atoms with Gasteiger partial charge in [0.25, 0.3) is 0 Å². The molecule has 0 heterocycles. The Balaban J connectivity index is 1.58. The van der Waals surface area contributed by atoms with Gasteiger partial charge in [-0.15, -0.1) is 0 Å². The minimum absolute atomic E-state index is 0.293. The normalized spacial score (nSPS) is 19.6. The van der Waals surface area contributed by atoms with E-state index in [1.54, 1.807) is 0 Å². The molecule has 28 heavy (non-hydrogen) atoms. The zero-order valence-electron chi connectivity index (χ0n) is 17.5. The van der Waals surface area contributed by atoms with Crippen molar-refractivity contribution in [3.63, 3.8) is 0 Å². The summed E-state index contributed by atoms with van der Waals surface area (Å²) in [6, 6.07) is 8.68. The second-order valence-electron chi connectivity index (χ2n) is 8.04. The van der Waals surface area contributed by atoms with Gasteiger partial charge in [0.1, 0.15) is 5.75 Å². The lowest BCUT2D eigenvalue weighted by molar-refractivity contribution is 0.0225. The molecule has 1 saturated carbocycles. The number of aliphatic hydroxyl groups is 2. The summed E-state index contributed by atoms with van der Waals surface area (Å²) in [4.78, 5) is 0. The molecule has 0 spiro atoms. The van der Waals surface area contributed by atoms with Gasteiger partial charge in [-0.2, -0.15) is 0 Å². The molecule has 160 valence electrons. The maximum Gasteiger partial charge on any atom is 0.119 e. The number of hydrogen-bond donors (Lipinski definition) is 2. The largest absolute Gasteiger partial charge is 0.494 e. The summed E-state index contributed by atoms with van der Waals surface area (Å²) >= 11 is 0. The quantitative estimate of drug-likeness (QED) is 0.402. The van der Waals surface area contributed by atoms with Crippen LogP contribution in [-0.4, -0.2) is 42.7 Å². The van der Waals surface area contributed by atoms with E-state index in [9.17, 15) is 0 Å². The highest BCUT2D eigenvalue weighted by Gasteiger charge is 2.22. The average molecular weight is 393 g/mol. The van der Waals surface area contributed by atoms with Gasteiger partial charge in [-0.1, -0.05) is 31.4 Å². The SMILES string of the molecule is OCCCCCCOc1ccc(C2CCC(OCCCCCCO)CC2)cc1. The van der Waals surface area contributed by atoms with Gasteiger partial charge in [0.2, 0.25) is 0 Å². The van der Waals surface area contributed by atoms with Crippen LogP contribution in [0.4, 0.5) is 0 Å². The van der Waals surface area contributed by atoms with E-state index in [0.717, 1.165) is 83.2 Å². The average Bonchev–Trinajstić information content (AvgIpc) is 2.74. The predicted octanol–water partition coefficient (Wildman–Crippen LogP) is 5.21. The molecule has 2 N–H and O–H groups in total. The molecule has 4 heteroatoms. The number of rotatable bonds is 15. The number of hydrogen-bond acceptors (Lipinski definition) is 4. The van der Waals surface area contributed by atoms with Crippen molar-refractivity contribution in [1.82, 2.24) is 0 Å². The smallest absolute Gasteiger partial charge is 0.119 e. The number of benzene rings is 1. The molecule has 4 nitrogen and oxygen atoms in total. The molecule has 2 rings (SSSR count). The van der Waals surface area contributed by atoms with Crippen molar-refractivity contribution in [2.24, 2.45) is 0 Å². The fourth-order valence-electron chi connectivity index (χ4n) is 3.97. The third kappa shape index (κ3) is 9.40. The maximum atomic E-state index is 8.79. The van der Waals surface area contributed by atoms with Crippen molar-refractivity contribution in [1.29, 1.82) is 0 Å². The van der Waals surface area contributed by atoms with Crippen LogP contribution < -0.4 is 4.74 Å². The van der Waals surface area contributed by atoms with Crippen LogP contribution >= 0.6 is 0 Å². The first kappa shape index (κ1) is 23.2. The molecule has 1 aliphatic rings. The molecule has 0 unspecified atom stereocenters. The van der Waals surface area contributed by atoms with Gasteiger partial charge in [0.15, 0.2) is 0 Å². The highest BCUT2D eigenvalue weighted by atomic mass is 16.5. The summed E-state index contributed by atoms with van der Waals surface area (Å²) < 4.78 is 11.9. The third-order valence-corrected chi connectivity index (χ3v) is 5.75. The van der Waals surface area contributed by atoms with Crippen molar-refractivity contribution in [2.75, 3.05) is 26.4 Å². The van der Waals surface area contributed by atoms with Crippen molar-refractivity contribution >= 4 is 0 Å². The lowest BCUT2D eigenvalue weighted by Gasteiger charge is -2.29. The summed E-state index contributed by atoms with van der Waals surface area (Å²) in [5.41, 5.74) is 1.43. The Kier molecular flexibility index (Phi) is 12.3. The fraction of sp³-hybridized carbons (Fsp3) is 0.750. The van der Waals surface area contributed by atoms with E-state index in [4.69, 9.17) is 19.7 Å².